The smallest absolute Gasteiger partial charge is 0.298 e. The number of ketones is 1. The molecule has 1 aliphatic carbocycles. The van der Waals surface area contributed by atoms with Crippen molar-refractivity contribution in [3.05, 3.63) is 11.8 Å². The zero-order valence-electron chi connectivity index (χ0n) is 7.29. The third kappa shape index (κ3) is 2.19. The van der Waals surface area contributed by atoms with Gasteiger partial charge < -0.3 is 4.74 Å². The predicted octanol–water partition coefficient (Wildman–Crippen LogP) is 1.43. The molecule has 1 rings (SSSR count). The van der Waals surface area contributed by atoms with Crippen LogP contribution in [0, 0.1) is 5.41 Å². The summed E-state index contributed by atoms with van der Waals surface area (Å²) in [5, 5.41) is 0. The Balaban J connectivity index is 2.76. The third-order valence-corrected chi connectivity index (χ3v) is 1.83. The highest BCUT2D eigenvalue weighted by Crippen LogP contribution is 2.33. The first-order chi connectivity index (χ1) is 5.53. The molecular formula is C9H12O3. The molecule has 0 unspecified atom stereocenters. The Kier molecular flexibility index (Phi) is 2.31. The van der Waals surface area contributed by atoms with Crippen molar-refractivity contribution in [1.82, 2.24) is 0 Å². The number of rotatable bonds is 2. The molecule has 1 aliphatic rings. The van der Waals surface area contributed by atoms with Gasteiger partial charge in [-0.2, -0.15) is 0 Å². The van der Waals surface area contributed by atoms with Crippen molar-refractivity contribution in [3.8, 4) is 0 Å². The van der Waals surface area contributed by atoms with Crippen LogP contribution in [0.5, 0.6) is 0 Å². The zero-order valence-corrected chi connectivity index (χ0v) is 7.29. The molecule has 0 saturated carbocycles. The van der Waals surface area contributed by atoms with E-state index in [2.05, 4.69) is 4.74 Å². The molecule has 0 aromatic rings. The Hall–Kier alpha value is -1.12. The van der Waals surface area contributed by atoms with Gasteiger partial charge in [-0.25, -0.2) is 0 Å². The van der Waals surface area contributed by atoms with Gasteiger partial charge in [-0.1, -0.05) is 13.8 Å². The van der Waals surface area contributed by atoms with E-state index in [1.54, 1.807) is 0 Å². The van der Waals surface area contributed by atoms with Crippen LogP contribution in [-0.2, 0) is 14.3 Å². The second-order valence-corrected chi connectivity index (χ2v) is 3.81. The van der Waals surface area contributed by atoms with Crippen molar-refractivity contribution in [2.24, 2.45) is 5.41 Å². The molecule has 0 fully saturated rings. The molecule has 0 radical (unpaired) electrons. The molecule has 3 heteroatoms. The first kappa shape index (κ1) is 8.97. The Bertz CT molecular complexity index is 238. The van der Waals surface area contributed by atoms with Crippen molar-refractivity contribution in [2.45, 2.75) is 26.7 Å². The topological polar surface area (TPSA) is 43.4 Å². The minimum absolute atomic E-state index is 0.0306. The number of ether oxygens (including phenoxy) is 1. The molecule has 0 heterocycles. The molecule has 0 amide bonds. The van der Waals surface area contributed by atoms with E-state index in [-0.39, 0.29) is 11.2 Å². The second-order valence-electron chi connectivity index (χ2n) is 3.81. The van der Waals surface area contributed by atoms with Crippen LogP contribution >= 0.6 is 0 Å². The van der Waals surface area contributed by atoms with Gasteiger partial charge >= 0.3 is 0 Å². The van der Waals surface area contributed by atoms with Crippen LogP contribution in [0.25, 0.3) is 0 Å². The van der Waals surface area contributed by atoms with Crippen LogP contribution in [0.1, 0.15) is 26.7 Å². The van der Waals surface area contributed by atoms with Crippen LogP contribution in [0.15, 0.2) is 11.8 Å². The second kappa shape index (κ2) is 3.09. The maximum absolute atomic E-state index is 11.1. The van der Waals surface area contributed by atoms with E-state index in [0.29, 0.717) is 25.1 Å². The summed E-state index contributed by atoms with van der Waals surface area (Å²) in [6.45, 7) is 4.32. The normalized spacial score (nSPS) is 21.5. The van der Waals surface area contributed by atoms with Crippen molar-refractivity contribution in [2.75, 3.05) is 0 Å². The Morgan fingerprint density at radius 1 is 1.50 bits per heavy atom. The van der Waals surface area contributed by atoms with E-state index in [9.17, 15) is 9.59 Å². The van der Waals surface area contributed by atoms with Gasteiger partial charge in [-0.15, -0.1) is 0 Å². The predicted molar refractivity (Wildman–Crippen MR) is 43.3 cm³/mol. The van der Waals surface area contributed by atoms with Gasteiger partial charge in [0.15, 0.2) is 5.78 Å². The van der Waals surface area contributed by atoms with Gasteiger partial charge in [0.25, 0.3) is 6.47 Å². The average Bonchev–Trinajstić information content (AvgIpc) is 1.82. The molecule has 0 aromatic heterocycles. The molecule has 0 aliphatic heterocycles. The number of allylic oxidation sites excluding steroid dienone is 2. The molecule has 0 aromatic carbocycles. The highest BCUT2D eigenvalue weighted by Gasteiger charge is 2.28. The largest absolute Gasteiger partial charge is 0.433 e. The third-order valence-electron chi connectivity index (χ3n) is 1.83. The van der Waals surface area contributed by atoms with E-state index < -0.39 is 0 Å². The highest BCUT2D eigenvalue weighted by atomic mass is 16.5. The van der Waals surface area contributed by atoms with Gasteiger partial charge in [-0.3, -0.25) is 9.59 Å². The number of hydrogen-bond donors (Lipinski definition) is 0. The Morgan fingerprint density at radius 2 is 2.17 bits per heavy atom. The van der Waals surface area contributed by atoms with Crippen molar-refractivity contribution in [3.63, 3.8) is 0 Å². The van der Waals surface area contributed by atoms with Gasteiger partial charge in [0, 0.05) is 18.9 Å². The maximum Gasteiger partial charge on any atom is 0.298 e. The minimum atomic E-state index is -0.0792. The van der Waals surface area contributed by atoms with Crippen LogP contribution in [-0.4, -0.2) is 12.3 Å². The van der Waals surface area contributed by atoms with E-state index in [4.69, 9.17) is 0 Å². The summed E-state index contributed by atoms with van der Waals surface area (Å²) in [6.07, 6.45) is 2.58. The minimum Gasteiger partial charge on any atom is -0.433 e. The van der Waals surface area contributed by atoms with Crippen molar-refractivity contribution < 1.29 is 14.3 Å². The summed E-state index contributed by atoms with van der Waals surface area (Å²) in [4.78, 5) is 21.1. The number of hydrogen-bond acceptors (Lipinski definition) is 3. The van der Waals surface area contributed by atoms with Crippen molar-refractivity contribution >= 4 is 12.3 Å². The summed E-state index contributed by atoms with van der Waals surface area (Å²) in [6, 6.07) is 0. The fourth-order valence-corrected chi connectivity index (χ4v) is 1.42. The summed E-state index contributed by atoms with van der Waals surface area (Å²) in [5.41, 5.74) is -0.0792. The lowest BCUT2D eigenvalue weighted by molar-refractivity contribution is -0.126. The molecule has 12 heavy (non-hydrogen) atoms. The molecule has 66 valence electrons. The average molecular weight is 168 g/mol. The molecule has 0 spiro atoms. The van der Waals surface area contributed by atoms with E-state index >= 15 is 0 Å². The fourth-order valence-electron chi connectivity index (χ4n) is 1.42. The maximum atomic E-state index is 11.1. The molecule has 3 nitrogen and oxygen atoms in total. The number of carbonyl (C=O) groups is 2. The number of carbonyl (C=O) groups excluding carboxylic acids is 2. The monoisotopic (exact) mass is 168 g/mol. The van der Waals surface area contributed by atoms with Crippen LogP contribution < -0.4 is 0 Å². The van der Waals surface area contributed by atoms with Gasteiger partial charge in [0.05, 0.1) is 0 Å². The quantitative estimate of drug-likeness (QED) is 0.586. The van der Waals surface area contributed by atoms with Crippen LogP contribution in [0.2, 0.25) is 0 Å². The summed E-state index contributed by atoms with van der Waals surface area (Å²) in [7, 11) is 0. The molecule has 0 N–H and O–H groups in total. The van der Waals surface area contributed by atoms with Crippen LogP contribution in [0.3, 0.4) is 0 Å². The molecular weight excluding hydrogens is 156 g/mol. The highest BCUT2D eigenvalue weighted by molar-refractivity contribution is 5.91. The lowest BCUT2D eigenvalue weighted by Gasteiger charge is -2.27. The standard InChI is InChI=1S/C9H12O3/c1-9(2)4-7(11)3-8(5-9)12-6-10/h3,6H,4-5H2,1-2H3. The molecule has 0 bridgehead atoms. The van der Waals surface area contributed by atoms with Crippen molar-refractivity contribution in [1.29, 1.82) is 0 Å². The van der Waals surface area contributed by atoms with Gasteiger partial charge in [-0.05, 0) is 5.41 Å². The summed E-state index contributed by atoms with van der Waals surface area (Å²) >= 11 is 0. The first-order valence-electron chi connectivity index (χ1n) is 3.87. The summed E-state index contributed by atoms with van der Waals surface area (Å²) in [5.74, 6) is 0.509. The van der Waals surface area contributed by atoms with Gasteiger partial charge in [0.2, 0.25) is 0 Å². The Morgan fingerprint density at radius 3 is 2.67 bits per heavy atom. The van der Waals surface area contributed by atoms with Gasteiger partial charge in [0.1, 0.15) is 5.76 Å². The van der Waals surface area contributed by atoms with E-state index in [0.717, 1.165) is 0 Å². The molecule has 0 saturated heterocycles. The van der Waals surface area contributed by atoms with E-state index in [1.807, 2.05) is 13.8 Å². The summed E-state index contributed by atoms with van der Waals surface area (Å²) < 4.78 is 4.65. The lowest BCUT2D eigenvalue weighted by Crippen LogP contribution is -2.22. The van der Waals surface area contributed by atoms with Crippen LogP contribution in [0.4, 0.5) is 0 Å². The zero-order chi connectivity index (χ0) is 9.19. The lowest BCUT2D eigenvalue weighted by atomic mass is 9.79. The van der Waals surface area contributed by atoms with E-state index in [1.165, 1.54) is 6.08 Å². The SMILES string of the molecule is CC1(C)CC(=O)C=C(OC=O)C1. The fraction of sp³-hybridized carbons (Fsp3) is 0.556. The first-order valence-corrected chi connectivity index (χ1v) is 3.87. The Labute approximate surface area is 71.4 Å². The molecule has 0 atom stereocenters.